The Kier molecular flexibility index (Phi) is 9.52. The van der Waals surface area contributed by atoms with Crippen LogP contribution in [-0.4, -0.2) is 61.7 Å². The number of piperazine rings is 1. The summed E-state index contributed by atoms with van der Waals surface area (Å²) in [7, 11) is 0. The summed E-state index contributed by atoms with van der Waals surface area (Å²) in [4.78, 5) is 28.2. The highest BCUT2D eigenvalue weighted by molar-refractivity contribution is 6.31. The van der Waals surface area contributed by atoms with E-state index >= 15 is 0 Å². The molecule has 7 nitrogen and oxygen atoms in total. The summed E-state index contributed by atoms with van der Waals surface area (Å²) in [5.41, 5.74) is 5.78. The molecule has 1 heterocycles. The maximum Gasteiger partial charge on any atom is 0.390 e. The van der Waals surface area contributed by atoms with E-state index in [4.69, 9.17) is 17.3 Å². The van der Waals surface area contributed by atoms with Crippen LogP contribution in [0.4, 0.5) is 33.3 Å². The fourth-order valence-corrected chi connectivity index (χ4v) is 5.41. The summed E-state index contributed by atoms with van der Waals surface area (Å²) < 4.78 is 67.6. The third kappa shape index (κ3) is 7.41. The number of hydrogen-bond acceptors (Lipinski definition) is 5. The lowest BCUT2D eigenvalue weighted by molar-refractivity contribution is -0.138. The van der Waals surface area contributed by atoms with Gasteiger partial charge in [0.15, 0.2) is 11.6 Å². The number of nitrogens with two attached hydrogens (primary N) is 1. The Morgan fingerprint density at radius 3 is 2.42 bits per heavy atom. The summed E-state index contributed by atoms with van der Waals surface area (Å²) in [5, 5.41) is 6.06. The SMILES string of the molecule is NC(=O)[C@@H]1CCC[C@@H]1NCc1ccc(C(=O)Nc2ccc(Cl)cc2N2CCN(CCC(F)(F)F)CC2)c(F)c1F. The van der Waals surface area contributed by atoms with E-state index in [0.29, 0.717) is 55.4 Å². The van der Waals surface area contributed by atoms with Gasteiger partial charge in [-0.15, -0.1) is 0 Å². The van der Waals surface area contributed by atoms with Gasteiger partial charge in [0.25, 0.3) is 5.91 Å². The van der Waals surface area contributed by atoms with Crippen molar-refractivity contribution in [3.05, 3.63) is 58.1 Å². The first-order valence-corrected chi connectivity index (χ1v) is 13.5. The van der Waals surface area contributed by atoms with Crippen molar-refractivity contribution in [3.8, 4) is 0 Å². The number of carbonyl (C=O) groups is 2. The van der Waals surface area contributed by atoms with E-state index in [-0.39, 0.29) is 30.6 Å². The quantitative estimate of drug-likeness (QED) is 0.371. The van der Waals surface area contributed by atoms with E-state index in [2.05, 4.69) is 10.6 Å². The standard InChI is InChI=1S/C27H31ClF5N5O2/c28-17-5-7-21(22(14-17)38-12-10-37(11-13-38)9-8-27(31,32)33)36-26(40)19-6-4-16(23(29)24(19)30)15-35-20-3-1-2-18(20)25(34)39/h4-7,14,18,20,35H,1-3,8-13,15H2,(H2,34,39)(H,36,40)/t18-,20+/m1/s1. The molecule has 13 heteroatoms. The van der Waals surface area contributed by atoms with E-state index in [0.717, 1.165) is 6.42 Å². The number of hydrogen-bond donors (Lipinski definition) is 3. The predicted molar refractivity (Wildman–Crippen MR) is 142 cm³/mol. The van der Waals surface area contributed by atoms with E-state index in [1.165, 1.54) is 24.3 Å². The number of primary amides is 1. The van der Waals surface area contributed by atoms with Crippen LogP contribution >= 0.6 is 11.6 Å². The number of nitrogens with zero attached hydrogens (tertiary/aromatic N) is 2. The molecule has 218 valence electrons. The molecule has 0 aromatic heterocycles. The Balaban J connectivity index is 1.42. The van der Waals surface area contributed by atoms with Crippen molar-refractivity contribution >= 4 is 34.8 Å². The van der Waals surface area contributed by atoms with Crippen molar-refractivity contribution < 1.29 is 31.5 Å². The summed E-state index contributed by atoms with van der Waals surface area (Å²) in [6.07, 6.45) is -2.97. The molecule has 1 saturated carbocycles. The van der Waals surface area contributed by atoms with Gasteiger partial charge in [0.1, 0.15) is 0 Å². The number of anilines is 2. The monoisotopic (exact) mass is 587 g/mol. The van der Waals surface area contributed by atoms with Gasteiger partial charge in [0.05, 0.1) is 29.3 Å². The maximum absolute atomic E-state index is 15.0. The number of halogens is 6. The first-order valence-electron chi connectivity index (χ1n) is 13.1. The van der Waals surface area contributed by atoms with Crippen LogP contribution in [0.1, 0.15) is 41.6 Å². The molecule has 1 aliphatic heterocycles. The average Bonchev–Trinajstić information content (AvgIpc) is 3.38. The lowest BCUT2D eigenvalue weighted by atomic mass is 10.0. The van der Waals surface area contributed by atoms with Gasteiger partial charge in [-0.3, -0.25) is 14.5 Å². The number of alkyl halides is 3. The molecule has 2 aliphatic rings. The van der Waals surface area contributed by atoms with Crippen molar-refractivity contribution in [3.63, 3.8) is 0 Å². The molecule has 40 heavy (non-hydrogen) atoms. The van der Waals surface area contributed by atoms with Crippen molar-refractivity contribution in [2.45, 2.75) is 44.4 Å². The number of nitrogens with one attached hydrogen (secondary N) is 2. The van der Waals surface area contributed by atoms with Gasteiger partial charge in [-0.25, -0.2) is 8.78 Å². The zero-order chi connectivity index (χ0) is 29.0. The fraction of sp³-hybridized carbons (Fsp3) is 0.481. The van der Waals surface area contributed by atoms with Crippen LogP contribution in [0.15, 0.2) is 30.3 Å². The average molecular weight is 588 g/mol. The van der Waals surface area contributed by atoms with Gasteiger partial charge in [-0.1, -0.05) is 24.1 Å². The molecule has 2 aromatic carbocycles. The smallest absolute Gasteiger partial charge is 0.369 e. The zero-order valence-corrected chi connectivity index (χ0v) is 22.4. The summed E-state index contributed by atoms with van der Waals surface area (Å²) in [5.74, 6) is -4.13. The maximum atomic E-state index is 15.0. The molecule has 2 fully saturated rings. The lowest BCUT2D eigenvalue weighted by Gasteiger charge is -2.37. The van der Waals surface area contributed by atoms with Gasteiger partial charge in [0.2, 0.25) is 5.91 Å². The van der Waals surface area contributed by atoms with Crippen LogP contribution in [0.25, 0.3) is 0 Å². The molecule has 0 bridgehead atoms. The topological polar surface area (TPSA) is 90.7 Å². The van der Waals surface area contributed by atoms with Gasteiger partial charge in [-0.05, 0) is 37.1 Å². The minimum absolute atomic E-state index is 0.0137. The van der Waals surface area contributed by atoms with E-state index in [1.807, 2.05) is 4.90 Å². The van der Waals surface area contributed by atoms with Crippen molar-refractivity contribution in [2.75, 3.05) is 42.9 Å². The van der Waals surface area contributed by atoms with E-state index in [9.17, 15) is 31.5 Å². The van der Waals surface area contributed by atoms with Crippen LogP contribution in [-0.2, 0) is 11.3 Å². The summed E-state index contributed by atoms with van der Waals surface area (Å²) in [6, 6.07) is 6.97. The normalized spacial score (nSPS) is 20.1. The molecule has 4 N–H and O–H groups in total. The van der Waals surface area contributed by atoms with Crippen molar-refractivity contribution in [1.82, 2.24) is 10.2 Å². The first-order chi connectivity index (χ1) is 18.9. The molecule has 0 unspecified atom stereocenters. The Labute approximate surface area is 233 Å². The predicted octanol–water partition coefficient (Wildman–Crippen LogP) is 4.69. The number of amides is 2. The first kappa shape index (κ1) is 30.0. The second-order valence-corrected chi connectivity index (χ2v) is 10.6. The summed E-state index contributed by atoms with van der Waals surface area (Å²) >= 11 is 6.17. The second kappa shape index (κ2) is 12.7. The lowest BCUT2D eigenvalue weighted by Crippen LogP contribution is -2.47. The van der Waals surface area contributed by atoms with E-state index < -0.39 is 41.6 Å². The highest BCUT2D eigenvalue weighted by Crippen LogP contribution is 2.32. The number of benzene rings is 2. The molecule has 2 amide bonds. The molecule has 2 atom stereocenters. The molecule has 4 rings (SSSR count). The second-order valence-electron chi connectivity index (χ2n) is 10.1. The zero-order valence-electron chi connectivity index (χ0n) is 21.7. The Morgan fingerprint density at radius 1 is 1.02 bits per heavy atom. The van der Waals surface area contributed by atoms with Crippen LogP contribution in [0, 0.1) is 17.6 Å². The number of carbonyl (C=O) groups excluding carboxylic acids is 2. The number of rotatable bonds is 9. The molecule has 0 radical (unpaired) electrons. The van der Waals surface area contributed by atoms with Gasteiger partial charge in [0, 0.05) is 55.9 Å². The van der Waals surface area contributed by atoms with E-state index in [1.54, 1.807) is 11.0 Å². The third-order valence-electron chi connectivity index (χ3n) is 7.48. The van der Waals surface area contributed by atoms with Crippen LogP contribution in [0.2, 0.25) is 5.02 Å². The highest BCUT2D eigenvalue weighted by Gasteiger charge is 2.32. The van der Waals surface area contributed by atoms with Crippen LogP contribution in [0.5, 0.6) is 0 Å². The largest absolute Gasteiger partial charge is 0.390 e. The minimum atomic E-state index is -4.23. The molecule has 1 aliphatic carbocycles. The van der Waals surface area contributed by atoms with Crippen molar-refractivity contribution in [2.24, 2.45) is 11.7 Å². The Morgan fingerprint density at radius 2 is 1.75 bits per heavy atom. The molecular formula is C27H31ClF5N5O2. The van der Waals surface area contributed by atoms with Gasteiger partial charge >= 0.3 is 6.18 Å². The molecule has 0 spiro atoms. The highest BCUT2D eigenvalue weighted by atomic mass is 35.5. The third-order valence-corrected chi connectivity index (χ3v) is 7.71. The van der Waals surface area contributed by atoms with Crippen LogP contribution in [0.3, 0.4) is 0 Å². The fourth-order valence-electron chi connectivity index (χ4n) is 5.25. The van der Waals surface area contributed by atoms with Gasteiger partial charge < -0.3 is 21.3 Å². The Bertz CT molecular complexity index is 1240. The van der Waals surface area contributed by atoms with Crippen LogP contribution < -0.4 is 21.3 Å². The van der Waals surface area contributed by atoms with Gasteiger partial charge in [-0.2, -0.15) is 13.2 Å². The Hall–Kier alpha value is -2.96. The van der Waals surface area contributed by atoms with Crippen molar-refractivity contribution in [1.29, 1.82) is 0 Å². The minimum Gasteiger partial charge on any atom is -0.369 e. The molecule has 2 aromatic rings. The molecule has 1 saturated heterocycles. The summed E-state index contributed by atoms with van der Waals surface area (Å²) in [6.45, 7) is 1.42. The molecular weight excluding hydrogens is 557 g/mol.